The van der Waals surface area contributed by atoms with E-state index in [1.54, 1.807) is 0 Å². The van der Waals surface area contributed by atoms with Crippen LogP contribution in [0.25, 0.3) is 0 Å². The second kappa shape index (κ2) is 2.42. The lowest BCUT2D eigenvalue weighted by molar-refractivity contribution is 1.34. The molecule has 0 aromatic heterocycles. The zero-order valence-electron chi connectivity index (χ0n) is 7.68. The van der Waals surface area contributed by atoms with Crippen LogP contribution in [-0.2, 0) is 0 Å². The first-order valence-corrected chi connectivity index (χ1v) is 4.14. The molecule has 1 aromatic carbocycles. The zero-order valence-corrected chi connectivity index (χ0v) is 7.68. The summed E-state index contributed by atoms with van der Waals surface area (Å²) in [7, 11) is 0. The molecular weight excluding hydrogens is 162 g/mol. The largest absolute Gasteiger partial charge is 0.383 e. The molecule has 0 amide bonds. The molecule has 3 N–H and O–H groups in total. The monoisotopic (exact) mass is 173 g/mol. The molecule has 0 aliphatic carbocycles. The van der Waals surface area contributed by atoms with Crippen LogP contribution in [0, 0.1) is 19.3 Å². The van der Waals surface area contributed by atoms with Crippen LogP contribution >= 0.6 is 0 Å². The van der Waals surface area contributed by atoms with Gasteiger partial charge >= 0.3 is 0 Å². The summed E-state index contributed by atoms with van der Waals surface area (Å²) in [5.74, 6) is 0.747. The first kappa shape index (κ1) is 7.98. The second-order valence-corrected chi connectivity index (χ2v) is 3.35. The molecule has 3 heteroatoms. The molecule has 1 aliphatic rings. The fourth-order valence-electron chi connectivity index (χ4n) is 1.72. The third kappa shape index (κ3) is 1.04. The van der Waals surface area contributed by atoms with Gasteiger partial charge in [-0.3, -0.25) is 5.41 Å². The molecule has 66 valence electrons. The molecular formula is C10H11N3. The van der Waals surface area contributed by atoms with E-state index in [2.05, 4.69) is 4.99 Å². The van der Waals surface area contributed by atoms with Gasteiger partial charge in [-0.2, -0.15) is 0 Å². The number of nitrogens with one attached hydrogen (secondary N) is 1. The summed E-state index contributed by atoms with van der Waals surface area (Å²) in [6.45, 7) is 4.00. The minimum Gasteiger partial charge on any atom is -0.383 e. The van der Waals surface area contributed by atoms with Crippen molar-refractivity contribution in [3.05, 3.63) is 34.4 Å². The van der Waals surface area contributed by atoms with Gasteiger partial charge in [0.05, 0.1) is 0 Å². The fraction of sp³-hybridized carbons (Fsp3) is 0.200. The normalized spacial score (nSPS) is 14.3. The van der Waals surface area contributed by atoms with E-state index >= 15 is 0 Å². The van der Waals surface area contributed by atoms with E-state index in [9.17, 15) is 0 Å². The van der Waals surface area contributed by atoms with Crippen molar-refractivity contribution in [2.45, 2.75) is 13.8 Å². The highest BCUT2D eigenvalue weighted by molar-refractivity contribution is 6.21. The number of hydrogen-bond acceptors (Lipinski definition) is 2. The van der Waals surface area contributed by atoms with E-state index in [1.807, 2.05) is 26.0 Å². The van der Waals surface area contributed by atoms with Crippen molar-refractivity contribution in [1.29, 1.82) is 5.41 Å². The van der Waals surface area contributed by atoms with E-state index < -0.39 is 0 Å². The standard InChI is InChI=1S/C10H11N3/c1-5-3-6(2)8-7(4-5)9(11)13-10(8)12/h3-4H,1-2H3,(H3,11,12,13). The Kier molecular flexibility index (Phi) is 1.49. The van der Waals surface area contributed by atoms with E-state index in [1.165, 1.54) is 0 Å². The zero-order chi connectivity index (χ0) is 9.59. The molecule has 0 fully saturated rings. The van der Waals surface area contributed by atoms with Gasteiger partial charge < -0.3 is 5.73 Å². The van der Waals surface area contributed by atoms with E-state index in [4.69, 9.17) is 11.1 Å². The molecule has 0 saturated carbocycles. The Morgan fingerprint density at radius 2 is 2.00 bits per heavy atom. The highest BCUT2D eigenvalue weighted by Crippen LogP contribution is 2.22. The predicted molar refractivity (Wildman–Crippen MR) is 53.5 cm³/mol. The van der Waals surface area contributed by atoms with E-state index in [0.29, 0.717) is 5.84 Å². The SMILES string of the molecule is Cc1cc(C)c2c(c1)C(N)=NC2=N. The summed E-state index contributed by atoms with van der Waals surface area (Å²) < 4.78 is 0. The van der Waals surface area contributed by atoms with Gasteiger partial charge in [0.25, 0.3) is 0 Å². The molecule has 0 saturated heterocycles. The number of rotatable bonds is 0. The summed E-state index contributed by atoms with van der Waals surface area (Å²) in [6.07, 6.45) is 0. The number of nitrogens with two attached hydrogens (primary N) is 1. The van der Waals surface area contributed by atoms with Crippen LogP contribution in [0.3, 0.4) is 0 Å². The van der Waals surface area contributed by atoms with Crippen LogP contribution in [0.15, 0.2) is 17.1 Å². The molecule has 1 aliphatic heterocycles. The molecule has 13 heavy (non-hydrogen) atoms. The number of hydrogen-bond donors (Lipinski definition) is 2. The third-order valence-electron chi connectivity index (χ3n) is 2.22. The van der Waals surface area contributed by atoms with Crippen molar-refractivity contribution in [1.82, 2.24) is 0 Å². The molecule has 3 nitrogen and oxygen atoms in total. The first-order chi connectivity index (χ1) is 6.09. The highest BCUT2D eigenvalue weighted by atomic mass is 14.9. The van der Waals surface area contributed by atoms with Crippen molar-refractivity contribution in [2.24, 2.45) is 10.7 Å². The van der Waals surface area contributed by atoms with Crippen molar-refractivity contribution >= 4 is 11.7 Å². The van der Waals surface area contributed by atoms with Crippen LogP contribution in [0.5, 0.6) is 0 Å². The van der Waals surface area contributed by atoms with Crippen LogP contribution in [-0.4, -0.2) is 11.7 Å². The summed E-state index contributed by atoms with van der Waals surface area (Å²) in [4.78, 5) is 3.94. The lowest BCUT2D eigenvalue weighted by atomic mass is 10.00. The summed E-state index contributed by atoms with van der Waals surface area (Å²) >= 11 is 0. The van der Waals surface area contributed by atoms with E-state index in [-0.39, 0.29) is 5.84 Å². The Morgan fingerprint density at radius 1 is 1.31 bits per heavy atom. The van der Waals surface area contributed by atoms with E-state index in [0.717, 1.165) is 22.3 Å². The van der Waals surface area contributed by atoms with Gasteiger partial charge in [0.15, 0.2) is 5.84 Å². The second-order valence-electron chi connectivity index (χ2n) is 3.35. The Hall–Kier alpha value is -1.64. The number of aliphatic imine (C=N–C) groups is 1. The minimum absolute atomic E-state index is 0.282. The lowest BCUT2D eigenvalue weighted by Crippen LogP contribution is -2.10. The smallest absolute Gasteiger partial charge is 0.155 e. The molecule has 1 aromatic rings. The van der Waals surface area contributed by atoms with Crippen molar-refractivity contribution in [2.75, 3.05) is 0 Å². The van der Waals surface area contributed by atoms with Gasteiger partial charge in [-0.15, -0.1) is 0 Å². The summed E-state index contributed by atoms with van der Waals surface area (Å²) in [5, 5.41) is 7.60. The Balaban J connectivity index is 2.77. The molecule has 1 heterocycles. The van der Waals surface area contributed by atoms with Crippen LogP contribution in [0.2, 0.25) is 0 Å². The highest BCUT2D eigenvalue weighted by Gasteiger charge is 2.20. The number of aryl methyl sites for hydroxylation is 2. The molecule has 2 rings (SSSR count). The molecule has 0 atom stereocenters. The van der Waals surface area contributed by atoms with Gasteiger partial charge in [0, 0.05) is 11.1 Å². The Bertz CT molecular complexity index is 430. The van der Waals surface area contributed by atoms with Crippen molar-refractivity contribution < 1.29 is 0 Å². The maximum atomic E-state index is 7.60. The third-order valence-corrected chi connectivity index (χ3v) is 2.22. The fourth-order valence-corrected chi connectivity index (χ4v) is 1.72. The topological polar surface area (TPSA) is 62.2 Å². The summed E-state index contributed by atoms with van der Waals surface area (Å²) in [5.41, 5.74) is 9.70. The minimum atomic E-state index is 0.282. The molecule has 0 unspecified atom stereocenters. The van der Waals surface area contributed by atoms with Gasteiger partial charge in [-0.05, 0) is 25.5 Å². The van der Waals surface area contributed by atoms with Crippen molar-refractivity contribution in [3.63, 3.8) is 0 Å². The lowest BCUT2D eigenvalue weighted by Gasteiger charge is -2.04. The van der Waals surface area contributed by atoms with Gasteiger partial charge in [-0.25, -0.2) is 4.99 Å². The molecule has 0 bridgehead atoms. The number of fused-ring (bicyclic) bond motifs is 1. The molecule has 0 spiro atoms. The summed E-state index contributed by atoms with van der Waals surface area (Å²) in [6, 6.07) is 4.02. The van der Waals surface area contributed by atoms with Gasteiger partial charge in [-0.1, -0.05) is 11.6 Å². The predicted octanol–water partition coefficient (Wildman–Crippen LogP) is 1.35. The Labute approximate surface area is 76.8 Å². The average Bonchev–Trinajstić information content (AvgIpc) is 2.27. The van der Waals surface area contributed by atoms with Crippen LogP contribution < -0.4 is 5.73 Å². The van der Waals surface area contributed by atoms with Crippen LogP contribution in [0.1, 0.15) is 22.3 Å². The number of benzene rings is 1. The molecule has 0 radical (unpaired) electrons. The van der Waals surface area contributed by atoms with Crippen molar-refractivity contribution in [3.8, 4) is 0 Å². The van der Waals surface area contributed by atoms with Crippen LogP contribution in [0.4, 0.5) is 0 Å². The number of nitrogens with zero attached hydrogens (tertiary/aromatic N) is 1. The maximum Gasteiger partial charge on any atom is 0.155 e. The quantitative estimate of drug-likeness (QED) is 0.611. The maximum absolute atomic E-state index is 7.60. The van der Waals surface area contributed by atoms with Gasteiger partial charge in [0.2, 0.25) is 0 Å². The van der Waals surface area contributed by atoms with Gasteiger partial charge in [0.1, 0.15) is 5.84 Å². The average molecular weight is 173 g/mol. The number of amidine groups is 2. The Morgan fingerprint density at radius 3 is 2.69 bits per heavy atom. The first-order valence-electron chi connectivity index (χ1n) is 4.14.